The highest BCUT2D eigenvalue weighted by Crippen LogP contribution is 2.29. The van der Waals surface area contributed by atoms with Crippen molar-refractivity contribution in [3.63, 3.8) is 0 Å². The third-order valence-corrected chi connectivity index (χ3v) is 4.70. The van der Waals surface area contributed by atoms with Crippen LogP contribution in [0.15, 0.2) is 52.6 Å². The van der Waals surface area contributed by atoms with Crippen LogP contribution in [0.1, 0.15) is 21.9 Å². The number of H-pyrrole nitrogens is 1. The van der Waals surface area contributed by atoms with Gasteiger partial charge in [-0.05, 0) is 37.3 Å². The fraction of sp³-hybridized carbons (Fsp3) is 0.136. The molecule has 8 heteroatoms. The van der Waals surface area contributed by atoms with Gasteiger partial charge in [-0.2, -0.15) is 5.26 Å². The van der Waals surface area contributed by atoms with Crippen LogP contribution in [0.2, 0.25) is 0 Å². The molecule has 2 N–H and O–H groups in total. The molecule has 30 heavy (non-hydrogen) atoms. The van der Waals surface area contributed by atoms with Crippen LogP contribution in [-0.4, -0.2) is 34.8 Å². The summed E-state index contributed by atoms with van der Waals surface area (Å²) in [5.74, 6) is -0.319. The second kappa shape index (κ2) is 7.64. The van der Waals surface area contributed by atoms with E-state index in [4.69, 9.17) is 13.9 Å². The smallest absolute Gasteiger partial charge is 0.375 e. The van der Waals surface area contributed by atoms with Crippen LogP contribution in [0.3, 0.4) is 0 Å². The summed E-state index contributed by atoms with van der Waals surface area (Å²) in [6.07, 6.45) is 0. The van der Waals surface area contributed by atoms with E-state index in [9.17, 15) is 15.2 Å². The number of fused-ring (bicyclic) bond motifs is 2. The van der Waals surface area contributed by atoms with Crippen LogP contribution in [0.25, 0.3) is 27.6 Å². The number of rotatable bonds is 5. The molecule has 0 unspecified atom stereocenters. The van der Waals surface area contributed by atoms with Crippen LogP contribution in [0.4, 0.5) is 0 Å². The van der Waals surface area contributed by atoms with Gasteiger partial charge in [0.2, 0.25) is 5.76 Å². The number of imidazole rings is 1. The number of nitrogens with zero attached hydrogens (tertiary/aromatic N) is 2. The van der Waals surface area contributed by atoms with E-state index in [2.05, 4.69) is 9.97 Å². The summed E-state index contributed by atoms with van der Waals surface area (Å²) in [5, 5.41) is 20.5. The highest BCUT2D eigenvalue weighted by molar-refractivity contribution is 5.96. The monoisotopic (exact) mass is 403 g/mol. The van der Waals surface area contributed by atoms with Crippen LogP contribution in [0.5, 0.6) is 5.75 Å². The average molecular weight is 403 g/mol. The first-order chi connectivity index (χ1) is 14.5. The third-order valence-electron chi connectivity index (χ3n) is 4.70. The van der Waals surface area contributed by atoms with Gasteiger partial charge >= 0.3 is 5.97 Å². The normalized spacial score (nSPS) is 11.9. The number of ether oxygens (including phenoxy) is 2. The Labute approximate surface area is 171 Å². The van der Waals surface area contributed by atoms with Gasteiger partial charge in [0, 0.05) is 10.9 Å². The number of carbonyl (C=O) groups excluding carboxylic acids is 1. The summed E-state index contributed by atoms with van der Waals surface area (Å²) >= 11 is 0. The van der Waals surface area contributed by atoms with Gasteiger partial charge in [0.1, 0.15) is 23.0 Å². The van der Waals surface area contributed by atoms with Crippen LogP contribution < -0.4 is 4.74 Å². The van der Waals surface area contributed by atoms with E-state index in [-0.39, 0.29) is 17.2 Å². The lowest BCUT2D eigenvalue weighted by Crippen LogP contribution is -2.09. The Morgan fingerprint density at radius 1 is 1.30 bits per heavy atom. The number of aromatic nitrogens is 2. The van der Waals surface area contributed by atoms with Crippen LogP contribution in [0, 0.1) is 18.3 Å². The molecule has 0 spiro atoms. The molecule has 150 valence electrons. The standard InChI is InChI=1S/C22H17N3O5/c1-12-14-9-13(28-2)7-8-19(14)30-20(12)22(27)29-11-18(26)15(10-23)21-24-16-5-3-4-6-17(16)25-21/h3-9,26H,11H2,1-2H3,(H,24,25). The maximum Gasteiger partial charge on any atom is 0.375 e. The molecule has 8 nitrogen and oxygen atoms in total. The van der Waals surface area contributed by atoms with Crippen molar-refractivity contribution in [3.8, 4) is 11.8 Å². The Hall–Kier alpha value is -4.25. The molecular weight excluding hydrogens is 386 g/mol. The number of hydrogen-bond donors (Lipinski definition) is 2. The molecule has 0 aliphatic carbocycles. The molecule has 0 saturated carbocycles. The Bertz CT molecular complexity index is 1310. The van der Waals surface area contributed by atoms with Crippen molar-refractivity contribution < 1.29 is 23.8 Å². The zero-order valence-corrected chi connectivity index (χ0v) is 16.2. The van der Waals surface area contributed by atoms with E-state index >= 15 is 0 Å². The molecule has 0 aliphatic rings. The van der Waals surface area contributed by atoms with Gasteiger partial charge in [-0.25, -0.2) is 9.78 Å². The number of furan rings is 1. The van der Waals surface area contributed by atoms with Crippen molar-refractivity contribution in [1.82, 2.24) is 9.97 Å². The van der Waals surface area contributed by atoms with Gasteiger partial charge in [-0.3, -0.25) is 0 Å². The third kappa shape index (κ3) is 3.33. The largest absolute Gasteiger partial charge is 0.507 e. The molecule has 0 aliphatic heterocycles. The highest BCUT2D eigenvalue weighted by Gasteiger charge is 2.21. The number of esters is 1. The number of aliphatic hydroxyl groups is 1. The molecule has 2 aromatic carbocycles. The summed E-state index contributed by atoms with van der Waals surface area (Å²) in [5.41, 5.74) is 2.37. The number of aryl methyl sites for hydroxylation is 1. The Kier molecular flexibility index (Phi) is 4.86. The number of aliphatic hydroxyl groups excluding tert-OH is 1. The predicted molar refractivity (Wildman–Crippen MR) is 109 cm³/mol. The summed E-state index contributed by atoms with van der Waals surface area (Å²) in [6.45, 7) is 1.23. The SMILES string of the molecule is COc1ccc2oc(C(=O)OCC(O)=C(C#N)c3nc4ccccc4[nH]3)c(C)c2c1. The minimum Gasteiger partial charge on any atom is -0.507 e. The fourth-order valence-electron chi connectivity index (χ4n) is 3.12. The number of para-hydroxylation sites is 2. The van der Waals surface area contributed by atoms with Gasteiger partial charge < -0.3 is 24.0 Å². The highest BCUT2D eigenvalue weighted by atomic mass is 16.6. The van der Waals surface area contributed by atoms with Gasteiger partial charge in [0.05, 0.1) is 18.1 Å². The van der Waals surface area contributed by atoms with Gasteiger partial charge in [0.25, 0.3) is 0 Å². The second-order valence-electron chi connectivity index (χ2n) is 6.53. The van der Waals surface area contributed by atoms with E-state index in [1.165, 1.54) is 0 Å². The number of hydrogen-bond acceptors (Lipinski definition) is 7. The number of allylic oxidation sites excluding steroid dienone is 1. The summed E-state index contributed by atoms with van der Waals surface area (Å²) < 4.78 is 16.0. The Balaban J connectivity index is 1.57. The molecular formula is C22H17N3O5. The fourth-order valence-corrected chi connectivity index (χ4v) is 3.12. The molecule has 4 rings (SSSR count). The number of nitrogens with one attached hydrogen (secondary N) is 1. The quantitative estimate of drug-likeness (QED) is 0.290. The van der Waals surface area contributed by atoms with Gasteiger partial charge in [-0.15, -0.1) is 0 Å². The molecule has 4 aromatic rings. The van der Waals surface area contributed by atoms with E-state index in [0.29, 0.717) is 22.4 Å². The topological polar surface area (TPSA) is 121 Å². The summed E-state index contributed by atoms with van der Waals surface area (Å²) in [4.78, 5) is 19.7. The van der Waals surface area contributed by atoms with Crippen molar-refractivity contribution in [2.45, 2.75) is 6.92 Å². The lowest BCUT2D eigenvalue weighted by atomic mass is 10.1. The molecule has 2 aromatic heterocycles. The van der Waals surface area contributed by atoms with Crippen LogP contribution >= 0.6 is 0 Å². The molecule has 0 atom stereocenters. The summed E-state index contributed by atoms with van der Waals surface area (Å²) in [7, 11) is 1.55. The average Bonchev–Trinajstić information content (AvgIpc) is 3.33. The molecule has 2 heterocycles. The van der Waals surface area contributed by atoms with Crippen molar-refractivity contribution in [2.24, 2.45) is 0 Å². The first-order valence-corrected chi connectivity index (χ1v) is 9.03. The first-order valence-electron chi connectivity index (χ1n) is 9.03. The Morgan fingerprint density at radius 3 is 2.83 bits per heavy atom. The number of benzene rings is 2. The number of methoxy groups -OCH3 is 1. The lowest BCUT2D eigenvalue weighted by Gasteiger charge is -2.04. The zero-order valence-electron chi connectivity index (χ0n) is 16.2. The number of nitriles is 1. The Morgan fingerprint density at radius 2 is 2.10 bits per heavy atom. The first kappa shape index (κ1) is 19.1. The maximum atomic E-state index is 12.5. The minimum absolute atomic E-state index is 0.0216. The number of aromatic amines is 1. The van der Waals surface area contributed by atoms with Crippen LogP contribution in [-0.2, 0) is 4.74 Å². The van der Waals surface area contributed by atoms with E-state index < -0.39 is 18.3 Å². The molecule has 0 bridgehead atoms. The van der Waals surface area contributed by atoms with E-state index in [1.54, 1.807) is 44.4 Å². The van der Waals surface area contributed by atoms with Crippen molar-refractivity contribution in [2.75, 3.05) is 13.7 Å². The van der Waals surface area contributed by atoms with Gasteiger partial charge in [-0.1, -0.05) is 12.1 Å². The maximum absolute atomic E-state index is 12.5. The number of carbonyl (C=O) groups is 1. The second-order valence-corrected chi connectivity index (χ2v) is 6.53. The van der Waals surface area contributed by atoms with E-state index in [0.717, 1.165) is 10.9 Å². The lowest BCUT2D eigenvalue weighted by molar-refractivity contribution is 0.0468. The molecule has 0 amide bonds. The molecule has 0 radical (unpaired) electrons. The summed E-state index contributed by atoms with van der Waals surface area (Å²) in [6, 6.07) is 14.3. The van der Waals surface area contributed by atoms with Gasteiger partial charge in [0.15, 0.2) is 18.2 Å². The van der Waals surface area contributed by atoms with Crippen molar-refractivity contribution >= 4 is 33.5 Å². The van der Waals surface area contributed by atoms with E-state index in [1.807, 2.05) is 18.2 Å². The van der Waals surface area contributed by atoms with Crippen molar-refractivity contribution in [3.05, 3.63) is 65.4 Å². The van der Waals surface area contributed by atoms with Crippen molar-refractivity contribution in [1.29, 1.82) is 5.26 Å². The predicted octanol–water partition coefficient (Wildman–Crippen LogP) is 4.28. The zero-order chi connectivity index (χ0) is 21.3. The molecule has 0 saturated heterocycles. The minimum atomic E-state index is -0.754. The molecule has 0 fully saturated rings.